The van der Waals surface area contributed by atoms with Crippen molar-refractivity contribution in [3.05, 3.63) is 60.4 Å². The molecule has 1 aromatic heterocycles. The van der Waals surface area contributed by atoms with Crippen molar-refractivity contribution in [3.8, 4) is 6.07 Å². The van der Waals surface area contributed by atoms with Crippen LogP contribution in [0.25, 0.3) is 0 Å². The molecule has 6 nitrogen and oxygen atoms in total. The molecule has 1 heterocycles. The van der Waals surface area contributed by atoms with Crippen molar-refractivity contribution in [2.45, 2.75) is 6.42 Å². The lowest BCUT2D eigenvalue weighted by Gasteiger charge is -2.21. The minimum Gasteiger partial charge on any atom is -0.451 e. The normalized spacial score (nSPS) is 9.70. The molecule has 1 aromatic carbocycles. The Morgan fingerprint density at radius 3 is 2.52 bits per heavy atom. The Kier molecular flexibility index (Phi) is 5.83. The first-order valence-corrected chi connectivity index (χ1v) is 7.03. The number of para-hydroxylation sites is 1. The summed E-state index contributed by atoms with van der Waals surface area (Å²) in [5.74, 6) is -1.05. The standard InChI is InChI=1S/C17H15N3O3/c18-10-6-12-20(14-7-2-1-3-8-14)16(21)13-23-17(22)15-9-4-5-11-19-15/h1-5,7-9,11H,6,12-13H2. The van der Waals surface area contributed by atoms with Gasteiger partial charge in [0.25, 0.3) is 5.91 Å². The number of rotatable bonds is 6. The number of carbonyl (C=O) groups excluding carboxylic acids is 2. The van der Waals surface area contributed by atoms with Crippen LogP contribution in [0.1, 0.15) is 16.9 Å². The van der Waals surface area contributed by atoms with E-state index in [0.717, 1.165) is 0 Å². The second kappa shape index (κ2) is 8.29. The van der Waals surface area contributed by atoms with Gasteiger partial charge in [-0.15, -0.1) is 0 Å². The minimum atomic E-state index is -0.660. The van der Waals surface area contributed by atoms with Gasteiger partial charge in [-0.05, 0) is 24.3 Å². The fourth-order valence-electron chi connectivity index (χ4n) is 1.93. The molecule has 2 rings (SSSR count). The van der Waals surface area contributed by atoms with Gasteiger partial charge in [-0.1, -0.05) is 24.3 Å². The number of esters is 1. The van der Waals surface area contributed by atoms with Crippen molar-refractivity contribution in [1.82, 2.24) is 4.98 Å². The lowest BCUT2D eigenvalue weighted by molar-refractivity contribution is -0.121. The summed E-state index contributed by atoms with van der Waals surface area (Å²) < 4.78 is 5.00. The Bertz CT molecular complexity index is 696. The van der Waals surface area contributed by atoms with Gasteiger partial charge in [0.2, 0.25) is 0 Å². The zero-order chi connectivity index (χ0) is 16.5. The smallest absolute Gasteiger partial charge is 0.357 e. The van der Waals surface area contributed by atoms with Gasteiger partial charge in [0.1, 0.15) is 5.69 Å². The summed E-state index contributed by atoms with van der Waals surface area (Å²) in [4.78, 5) is 29.4. The molecule has 0 unspecified atom stereocenters. The fraction of sp³-hybridized carbons (Fsp3) is 0.176. The predicted molar refractivity (Wildman–Crippen MR) is 83.5 cm³/mol. The first-order valence-electron chi connectivity index (χ1n) is 7.03. The first kappa shape index (κ1) is 16.2. The van der Waals surface area contributed by atoms with Crippen LogP contribution in [0.3, 0.4) is 0 Å². The van der Waals surface area contributed by atoms with Crippen LogP contribution in [0.5, 0.6) is 0 Å². The largest absolute Gasteiger partial charge is 0.451 e. The van der Waals surface area contributed by atoms with Gasteiger partial charge < -0.3 is 9.64 Å². The van der Waals surface area contributed by atoms with Crippen LogP contribution < -0.4 is 4.90 Å². The zero-order valence-electron chi connectivity index (χ0n) is 12.4. The van der Waals surface area contributed by atoms with E-state index in [9.17, 15) is 9.59 Å². The van der Waals surface area contributed by atoms with Crippen LogP contribution in [-0.2, 0) is 9.53 Å². The van der Waals surface area contributed by atoms with E-state index in [2.05, 4.69) is 4.98 Å². The molecule has 1 amide bonds. The summed E-state index contributed by atoms with van der Waals surface area (Å²) >= 11 is 0. The van der Waals surface area contributed by atoms with Crippen LogP contribution in [0.2, 0.25) is 0 Å². The molecule has 0 N–H and O–H groups in total. The quantitative estimate of drug-likeness (QED) is 0.764. The maximum absolute atomic E-state index is 12.3. The summed E-state index contributed by atoms with van der Waals surface area (Å²) in [5, 5.41) is 8.73. The molecular weight excluding hydrogens is 294 g/mol. The van der Waals surface area contributed by atoms with Gasteiger partial charge in [0.05, 0.1) is 12.5 Å². The maximum Gasteiger partial charge on any atom is 0.357 e. The number of nitriles is 1. The second-order valence-electron chi connectivity index (χ2n) is 4.58. The lowest BCUT2D eigenvalue weighted by atomic mass is 10.2. The van der Waals surface area contributed by atoms with E-state index < -0.39 is 18.5 Å². The second-order valence-corrected chi connectivity index (χ2v) is 4.58. The Morgan fingerprint density at radius 2 is 1.87 bits per heavy atom. The lowest BCUT2D eigenvalue weighted by Crippen LogP contribution is -2.35. The summed E-state index contributed by atoms with van der Waals surface area (Å²) in [6.07, 6.45) is 1.66. The van der Waals surface area contributed by atoms with Crippen LogP contribution in [0.15, 0.2) is 54.7 Å². The van der Waals surface area contributed by atoms with E-state index in [1.54, 1.807) is 36.4 Å². The number of hydrogen-bond acceptors (Lipinski definition) is 5. The van der Waals surface area contributed by atoms with Crippen LogP contribution in [0.4, 0.5) is 5.69 Å². The van der Waals surface area contributed by atoms with Crippen molar-refractivity contribution in [2.24, 2.45) is 0 Å². The maximum atomic E-state index is 12.3. The number of carbonyl (C=O) groups is 2. The third-order valence-corrected chi connectivity index (χ3v) is 3.02. The summed E-state index contributed by atoms with van der Waals surface area (Å²) in [5.41, 5.74) is 0.797. The van der Waals surface area contributed by atoms with E-state index >= 15 is 0 Å². The summed E-state index contributed by atoms with van der Waals surface area (Å²) in [6, 6.07) is 15.8. The Hall–Kier alpha value is -3.20. The van der Waals surface area contributed by atoms with E-state index in [1.807, 2.05) is 12.1 Å². The molecule has 0 radical (unpaired) electrons. The molecule has 0 fully saturated rings. The number of pyridine rings is 1. The molecule has 0 bridgehead atoms. The molecule has 0 spiro atoms. The molecule has 116 valence electrons. The van der Waals surface area contributed by atoms with E-state index in [0.29, 0.717) is 5.69 Å². The highest BCUT2D eigenvalue weighted by molar-refractivity contribution is 5.96. The molecule has 6 heteroatoms. The molecule has 23 heavy (non-hydrogen) atoms. The van der Waals surface area contributed by atoms with Crippen molar-refractivity contribution >= 4 is 17.6 Å². The van der Waals surface area contributed by atoms with Crippen LogP contribution in [-0.4, -0.2) is 30.0 Å². The summed E-state index contributed by atoms with van der Waals surface area (Å²) in [7, 11) is 0. The first-order chi connectivity index (χ1) is 11.2. The molecule has 2 aromatic rings. The Labute approximate surface area is 133 Å². The van der Waals surface area contributed by atoms with Gasteiger partial charge in [0.15, 0.2) is 6.61 Å². The van der Waals surface area contributed by atoms with Gasteiger partial charge in [-0.25, -0.2) is 9.78 Å². The summed E-state index contributed by atoms with van der Waals surface area (Å²) in [6.45, 7) is -0.170. The number of aromatic nitrogens is 1. The molecule has 0 saturated carbocycles. The minimum absolute atomic E-state index is 0.142. The fourth-order valence-corrected chi connectivity index (χ4v) is 1.93. The highest BCUT2D eigenvalue weighted by Gasteiger charge is 2.18. The number of hydrogen-bond donors (Lipinski definition) is 0. The third kappa shape index (κ3) is 4.64. The molecule has 0 aliphatic carbocycles. The Morgan fingerprint density at radius 1 is 1.13 bits per heavy atom. The van der Waals surface area contributed by atoms with Gasteiger partial charge in [0, 0.05) is 18.4 Å². The molecule has 0 saturated heterocycles. The average molecular weight is 309 g/mol. The predicted octanol–water partition coefficient (Wildman–Crippen LogP) is 2.19. The number of benzene rings is 1. The molecule has 0 aliphatic heterocycles. The number of nitrogens with zero attached hydrogens (tertiary/aromatic N) is 3. The van der Waals surface area contributed by atoms with Gasteiger partial charge >= 0.3 is 5.97 Å². The van der Waals surface area contributed by atoms with Crippen molar-refractivity contribution in [1.29, 1.82) is 5.26 Å². The van der Waals surface area contributed by atoms with E-state index in [4.69, 9.17) is 10.00 Å². The third-order valence-electron chi connectivity index (χ3n) is 3.02. The molecular formula is C17H15N3O3. The monoisotopic (exact) mass is 309 g/mol. The Balaban J connectivity index is 2.01. The van der Waals surface area contributed by atoms with Crippen molar-refractivity contribution in [2.75, 3.05) is 18.1 Å². The van der Waals surface area contributed by atoms with Crippen LogP contribution >= 0.6 is 0 Å². The zero-order valence-corrected chi connectivity index (χ0v) is 12.4. The SMILES string of the molecule is N#CCCN(C(=O)COC(=O)c1ccccn1)c1ccccc1. The number of anilines is 1. The van der Waals surface area contributed by atoms with Crippen molar-refractivity contribution < 1.29 is 14.3 Å². The molecule has 0 aliphatic rings. The highest BCUT2D eigenvalue weighted by atomic mass is 16.5. The number of ether oxygens (including phenoxy) is 1. The highest BCUT2D eigenvalue weighted by Crippen LogP contribution is 2.14. The molecule has 0 atom stereocenters. The average Bonchev–Trinajstić information content (AvgIpc) is 2.61. The topological polar surface area (TPSA) is 83.3 Å². The van der Waals surface area contributed by atoms with Crippen molar-refractivity contribution in [3.63, 3.8) is 0 Å². The van der Waals surface area contributed by atoms with E-state index in [-0.39, 0.29) is 18.7 Å². The van der Waals surface area contributed by atoms with E-state index in [1.165, 1.54) is 17.2 Å². The van der Waals surface area contributed by atoms with Gasteiger partial charge in [-0.3, -0.25) is 4.79 Å². The van der Waals surface area contributed by atoms with Gasteiger partial charge in [-0.2, -0.15) is 5.26 Å². The van der Waals surface area contributed by atoms with Crippen LogP contribution in [0, 0.1) is 11.3 Å². The number of amides is 1.